The van der Waals surface area contributed by atoms with Gasteiger partial charge < -0.3 is 9.47 Å². The molecule has 11 aromatic rings. The molecule has 60 heavy (non-hydrogen) atoms. The minimum Gasteiger partial charge on any atom is -0.309 e. The number of aromatic nitrogens is 1. The van der Waals surface area contributed by atoms with Crippen LogP contribution in [0.4, 0.5) is 17.1 Å². The fourth-order valence-corrected chi connectivity index (χ4v) is 9.01. The highest BCUT2D eigenvalue weighted by atomic mass is 15.1. The van der Waals surface area contributed by atoms with Crippen molar-refractivity contribution in [3.05, 3.63) is 243 Å². The zero-order valence-electron chi connectivity index (χ0n) is 33.0. The lowest BCUT2D eigenvalue weighted by atomic mass is 9.97. The van der Waals surface area contributed by atoms with Crippen molar-refractivity contribution in [1.82, 2.24) is 4.57 Å². The van der Waals surface area contributed by atoms with E-state index in [1.165, 1.54) is 66.0 Å². The number of para-hydroxylation sites is 3. The molecule has 10 aromatic carbocycles. The lowest BCUT2D eigenvalue weighted by Crippen LogP contribution is -2.13. The third-order valence-electron chi connectivity index (χ3n) is 11.8. The van der Waals surface area contributed by atoms with Crippen LogP contribution in [0.3, 0.4) is 0 Å². The van der Waals surface area contributed by atoms with Crippen molar-refractivity contribution in [2.45, 2.75) is 0 Å². The lowest BCUT2D eigenvalue weighted by Gasteiger charge is -2.31. The second-order valence-electron chi connectivity index (χ2n) is 15.3. The summed E-state index contributed by atoms with van der Waals surface area (Å²) in [4.78, 5) is 2.48. The molecule has 0 aliphatic carbocycles. The molecular formula is C58H40N2. The molecule has 0 atom stereocenters. The van der Waals surface area contributed by atoms with E-state index in [2.05, 4.69) is 252 Å². The first-order valence-electron chi connectivity index (χ1n) is 20.6. The van der Waals surface area contributed by atoms with Gasteiger partial charge in [-0.15, -0.1) is 0 Å². The molecule has 0 unspecified atom stereocenters. The Balaban J connectivity index is 1.20. The summed E-state index contributed by atoms with van der Waals surface area (Å²) in [6.45, 7) is 0. The van der Waals surface area contributed by atoms with Crippen LogP contribution in [0.15, 0.2) is 243 Å². The minimum atomic E-state index is 1.10. The van der Waals surface area contributed by atoms with Gasteiger partial charge >= 0.3 is 0 Å². The Bertz CT molecular complexity index is 3210. The molecule has 0 saturated heterocycles. The summed E-state index contributed by atoms with van der Waals surface area (Å²) in [5.74, 6) is 0. The van der Waals surface area contributed by atoms with Gasteiger partial charge in [-0.05, 0) is 69.6 Å². The number of nitrogens with zero attached hydrogens (tertiary/aromatic N) is 2. The number of rotatable bonds is 8. The number of hydrogen-bond donors (Lipinski definition) is 0. The average Bonchev–Trinajstić information content (AvgIpc) is 3.65. The summed E-state index contributed by atoms with van der Waals surface area (Å²) < 4.78 is 2.50. The molecule has 2 nitrogen and oxygen atoms in total. The van der Waals surface area contributed by atoms with Crippen LogP contribution in [0, 0.1) is 0 Å². The zero-order chi connectivity index (χ0) is 39.8. The molecule has 2 heteroatoms. The van der Waals surface area contributed by atoms with E-state index in [9.17, 15) is 0 Å². The maximum atomic E-state index is 2.50. The number of anilines is 3. The minimum absolute atomic E-state index is 1.10. The Morgan fingerprint density at radius 1 is 0.267 bits per heavy atom. The molecule has 0 saturated carbocycles. The Morgan fingerprint density at radius 2 is 0.717 bits per heavy atom. The van der Waals surface area contributed by atoms with Crippen LogP contribution in [0.5, 0.6) is 0 Å². The molecule has 0 amide bonds. The monoisotopic (exact) mass is 764 g/mol. The third-order valence-corrected chi connectivity index (χ3v) is 11.8. The van der Waals surface area contributed by atoms with E-state index in [4.69, 9.17) is 0 Å². The Kier molecular flexibility index (Phi) is 8.87. The lowest BCUT2D eigenvalue weighted by molar-refractivity contribution is 1.18. The van der Waals surface area contributed by atoms with E-state index < -0.39 is 0 Å². The van der Waals surface area contributed by atoms with Crippen molar-refractivity contribution in [3.63, 3.8) is 0 Å². The standard InChI is InChI=1S/C58H40N2/c1-4-19-41(20-5-1)45-35-37-51-52-38-36-46(42-21-6-2-7-22-42)40-58(52)60(57(51)39-45)56-33-17-14-30-50(56)49-29-13-16-32-55(49)59(54-34-18-26-44-25-10-11-27-48(44)54)53-31-15-12-28-47(53)43-23-8-3-9-24-43/h1-40H. The molecule has 1 heterocycles. The Morgan fingerprint density at radius 3 is 1.35 bits per heavy atom. The first-order chi connectivity index (χ1) is 29.8. The fourth-order valence-electron chi connectivity index (χ4n) is 9.01. The summed E-state index contributed by atoms with van der Waals surface area (Å²) in [6, 6.07) is 88.0. The number of fused-ring (bicyclic) bond motifs is 4. The summed E-state index contributed by atoms with van der Waals surface area (Å²) >= 11 is 0. The highest BCUT2D eigenvalue weighted by Gasteiger charge is 2.24. The first kappa shape index (κ1) is 35.2. The largest absolute Gasteiger partial charge is 0.309 e. The van der Waals surface area contributed by atoms with E-state index >= 15 is 0 Å². The number of hydrogen-bond acceptors (Lipinski definition) is 1. The molecule has 0 N–H and O–H groups in total. The molecular weight excluding hydrogens is 725 g/mol. The SMILES string of the molecule is c1ccc(-c2ccc3c4ccc(-c5ccccc5)cc4n(-c4ccccc4-c4ccccc4N(c4ccccc4-c4ccccc4)c4cccc5ccccc45)c3c2)cc1. The van der Waals surface area contributed by atoms with Crippen LogP contribution in [-0.2, 0) is 0 Å². The fraction of sp³-hybridized carbons (Fsp3) is 0. The van der Waals surface area contributed by atoms with E-state index in [0.29, 0.717) is 0 Å². The van der Waals surface area contributed by atoms with Gasteiger partial charge in [0, 0.05) is 32.8 Å². The van der Waals surface area contributed by atoms with Crippen LogP contribution in [0.1, 0.15) is 0 Å². The molecule has 0 aliphatic rings. The van der Waals surface area contributed by atoms with Crippen LogP contribution in [-0.4, -0.2) is 4.57 Å². The predicted molar refractivity (Wildman–Crippen MR) is 255 cm³/mol. The zero-order valence-corrected chi connectivity index (χ0v) is 33.0. The average molecular weight is 765 g/mol. The highest BCUT2D eigenvalue weighted by Crippen LogP contribution is 2.48. The van der Waals surface area contributed by atoms with Gasteiger partial charge in [-0.3, -0.25) is 0 Å². The van der Waals surface area contributed by atoms with Gasteiger partial charge in [0.25, 0.3) is 0 Å². The normalized spacial score (nSPS) is 11.3. The molecule has 0 aliphatic heterocycles. The molecule has 1 aromatic heterocycles. The van der Waals surface area contributed by atoms with E-state index in [-0.39, 0.29) is 0 Å². The molecule has 11 rings (SSSR count). The van der Waals surface area contributed by atoms with Gasteiger partial charge in [0.2, 0.25) is 0 Å². The van der Waals surface area contributed by atoms with Gasteiger partial charge in [0.1, 0.15) is 0 Å². The van der Waals surface area contributed by atoms with Crippen LogP contribution >= 0.6 is 0 Å². The summed E-state index contributed by atoms with van der Waals surface area (Å²) in [5, 5.41) is 4.84. The van der Waals surface area contributed by atoms with Crippen molar-refractivity contribution in [3.8, 4) is 50.2 Å². The maximum absolute atomic E-state index is 2.50. The second-order valence-corrected chi connectivity index (χ2v) is 15.3. The summed E-state index contributed by atoms with van der Waals surface area (Å²) in [7, 11) is 0. The summed E-state index contributed by atoms with van der Waals surface area (Å²) in [6.07, 6.45) is 0. The Labute approximate surface area is 350 Å². The quantitative estimate of drug-likeness (QED) is 0.150. The molecule has 0 radical (unpaired) electrons. The predicted octanol–water partition coefficient (Wildman–Crippen LogP) is 16.1. The smallest absolute Gasteiger partial charge is 0.0547 e. The van der Waals surface area contributed by atoms with Gasteiger partial charge in [0.15, 0.2) is 0 Å². The van der Waals surface area contributed by atoms with Crippen molar-refractivity contribution in [2.24, 2.45) is 0 Å². The van der Waals surface area contributed by atoms with Gasteiger partial charge in [-0.2, -0.15) is 0 Å². The van der Waals surface area contributed by atoms with E-state index in [0.717, 1.165) is 33.9 Å². The van der Waals surface area contributed by atoms with E-state index in [1.54, 1.807) is 0 Å². The molecule has 0 bridgehead atoms. The number of benzene rings is 10. The van der Waals surface area contributed by atoms with Crippen molar-refractivity contribution in [1.29, 1.82) is 0 Å². The highest BCUT2D eigenvalue weighted by molar-refractivity contribution is 6.12. The summed E-state index contributed by atoms with van der Waals surface area (Å²) in [5.41, 5.74) is 16.2. The molecule has 0 spiro atoms. The maximum Gasteiger partial charge on any atom is 0.0547 e. The molecule has 0 fully saturated rings. The first-order valence-corrected chi connectivity index (χ1v) is 20.6. The van der Waals surface area contributed by atoms with Crippen LogP contribution in [0.2, 0.25) is 0 Å². The van der Waals surface area contributed by atoms with Gasteiger partial charge in [-0.25, -0.2) is 0 Å². The van der Waals surface area contributed by atoms with Crippen molar-refractivity contribution >= 4 is 49.6 Å². The molecule has 282 valence electrons. The van der Waals surface area contributed by atoms with Gasteiger partial charge in [0.05, 0.1) is 33.8 Å². The van der Waals surface area contributed by atoms with Crippen molar-refractivity contribution < 1.29 is 0 Å². The van der Waals surface area contributed by atoms with Crippen LogP contribution < -0.4 is 4.90 Å². The van der Waals surface area contributed by atoms with E-state index in [1.807, 2.05) is 0 Å². The Hall–Kier alpha value is -7.94. The second kappa shape index (κ2) is 15.1. The van der Waals surface area contributed by atoms with Crippen molar-refractivity contribution in [2.75, 3.05) is 4.90 Å². The van der Waals surface area contributed by atoms with Crippen LogP contribution in [0.25, 0.3) is 82.8 Å². The topological polar surface area (TPSA) is 8.17 Å². The van der Waals surface area contributed by atoms with Gasteiger partial charge in [-0.1, -0.05) is 206 Å². The third kappa shape index (κ3) is 6.14.